The lowest BCUT2D eigenvalue weighted by atomic mass is 10.1. The average Bonchev–Trinajstić information content (AvgIpc) is 2.28. The number of anilines is 1. The Morgan fingerprint density at radius 1 is 1.53 bits per heavy atom. The summed E-state index contributed by atoms with van der Waals surface area (Å²) in [6.45, 7) is 4.38. The Morgan fingerprint density at radius 3 is 2.71 bits per heavy atom. The van der Waals surface area contributed by atoms with Crippen LogP contribution in [0.2, 0.25) is 5.02 Å². The molecule has 0 bridgehead atoms. The van der Waals surface area contributed by atoms with Crippen molar-refractivity contribution in [3.8, 4) is 0 Å². The van der Waals surface area contributed by atoms with Crippen molar-refractivity contribution in [3.05, 3.63) is 28.8 Å². The Morgan fingerprint density at radius 2 is 2.18 bits per heavy atom. The van der Waals surface area contributed by atoms with Gasteiger partial charge in [-0.3, -0.25) is 0 Å². The minimum absolute atomic E-state index is 0.387. The zero-order valence-electron chi connectivity index (χ0n) is 10.5. The molecule has 1 atom stereocenters. The van der Waals surface area contributed by atoms with Crippen LogP contribution in [0.1, 0.15) is 32.3 Å². The SMILES string of the molecule is CCCC(C)N(C)c1ccc(Cl)cc1C(N)=S. The lowest BCUT2D eigenvalue weighted by molar-refractivity contribution is 0.616. The predicted octanol–water partition coefficient (Wildman–Crippen LogP) is 3.60. The molecule has 0 radical (unpaired) electrons. The van der Waals surface area contributed by atoms with Gasteiger partial charge in [0.15, 0.2) is 0 Å². The van der Waals surface area contributed by atoms with Crippen LogP contribution in [-0.4, -0.2) is 18.1 Å². The monoisotopic (exact) mass is 270 g/mol. The van der Waals surface area contributed by atoms with E-state index in [9.17, 15) is 0 Å². The zero-order valence-corrected chi connectivity index (χ0v) is 12.1. The molecule has 0 saturated carbocycles. The largest absolute Gasteiger partial charge is 0.389 e. The van der Waals surface area contributed by atoms with Gasteiger partial charge in [0.2, 0.25) is 0 Å². The maximum atomic E-state index is 5.97. The van der Waals surface area contributed by atoms with E-state index in [4.69, 9.17) is 29.6 Å². The molecule has 1 rings (SSSR count). The first-order chi connectivity index (χ1) is 7.97. The third-order valence-electron chi connectivity index (χ3n) is 2.97. The van der Waals surface area contributed by atoms with E-state index in [1.165, 1.54) is 0 Å². The van der Waals surface area contributed by atoms with E-state index in [0.29, 0.717) is 16.1 Å². The summed E-state index contributed by atoms with van der Waals surface area (Å²) < 4.78 is 0. The first-order valence-corrected chi connectivity index (χ1v) is 6.58. The molecule has 17 heavy (non-hydrogen) atoms. The molecule has 0 aromatic heterocycles. The van der Waals surface area contributed by atoms with Crippen molar-refractivity contribution in [2.24, 2.45) is 5.73 Å². The van der Waals surface area contributed by atoms with Crippen LogP contribution in [0.25, 0.3) is 0 Å². The third-order valence-corrected chi connectivity index (χ3v) is 3.43. The van der Waals surface area contributed by atoms with Gasteiger partial charge in [-0.2, -0.15) is 0 Å². The number of nitrogens with two attached hydrogens (primary N) is 1. The second kappa shape index (κ2) is 6.22. The van der Waals surface area contributed by atoms with Gasteiger partial charge >= 0.3 is 0 Å². The molecule has 1 aromatic carbocycles. The summed E-state index contributed by atoms with van der Waals surface area (Å²) in [4.78, 5) is 2.59. The predicted molar refractivity (Wildman–Crippen MR) is 80.1 cm³/mol. The number of thiocarbonyl (C=S) groups is 1. The van der Waals surface area contributed by atoms with E-state index < -0.39 is 0 Å². The Balaban J connectivity index is 3.08. The first kappa shape index (κ1) is 14.3. The summed E-state index contributed by atoms with van der Waals surface area (Å²) in [5.74, 6) is 0. The van der Waals surface area contributed by atoms with Crippen molar-refractivity contribution >= 4 is 34.5 Å². The van der Waals surface area contributed by atoms with Crippen molar-refractivity contribution in [1.29, 1.82) is 0 Å². The zero-order chi connectivity index (χ0) is 13.0. The van der Waals surface area contributed by atoms with Gasteiger partial charge in [0, 0.05) is 29.4 Å². The Bertz CT molecular complexity index is 406. The molecule has 1 aromatic rings. The molecular weight excluding hydrogens is 252 g/mol. The number of hydrogen-bond donors (Lipinski definition) is 1. The quantitative estimate of drug-likeness (QED) is 0.829. The molecule has 4 heteroatoms. The van der Waals surface area contributed by atoms with Gasteiger partial charge in [-0.25, -0.2) is 0 Å². The van der Waals surface area contributed by atoms with Crippen LogP contribution in [-0.2, 0) is 0 Å². The van der Waals surface area contributed by atoms with Crippen molar-refractivity contribution in [1.82, 2.24) is 0 Å². The van der Waals surface area contributed by atoms with Gasteiger partial charge in [-0.1, -0.05) is 37.2 Å². The fourth-order valence-electron chi connectivity index (χ4n) is 1.86. The normalized spacial score (nSPS) is 12.2. The van der Waals surface area contributed by atoms with Crippen molar-refractivity contribution in [3.63, 3.8) is 0 Å². The molecule has 0 fully saturated rings. The van der Waals surface area contributed by atoms with E-state index in [1.54, 1.807) is 0 Å². The second-order valence-electron chi connectivity index (χ2n) is 4.27. The van der Waals surface area contributed by atoms with Crippen molar-refractivity contribution < 1.29 is 0 Å². The van der Waals surface area contributed by atoms with Gasteiger partial charge in [0.05, 0.1) is 0 Å². The van der Waals surface area contributed by atoms with Crippen LogP contribution >= 0.6 is 23.8 Å². The molecule has 0 saturated heterocycles. The fourth-order valence-corrected chi connectivity index (χ4v) is 2.20. The smallest absolute Gasteiger partial charge is 0.106 e. The van der Waals surface area contributed by atoms with Crippen LogP contribution < -0.4 is 10.6 Å². The van der Waals surface area contributed by atoms with Crippen LogP contribution in [0.15, 0.2) is 18.2 Å². The molecule has 2 nitrogen and oxygen atoms in total. The Hall–Kier alpha value is -0.800. The molecule has 0 aliphatic carbocycles. The maximum absolute atomic E-state index is 5.97. The number of halogens is 1. The van der Waals surface area contributed by atoms with Gasteiger partial charge in [-0.05, 0) is 31.5 Å². The average molecular weight is 271 g/mol. The number of nitrogens with zero attached hydrogens (tertiary/aromatic N) is 1. The summed E-state index contributed by atoms with van der Waals surface area (Å²) in [6, 6.07) is 6.12. The summed E-state index contributed by atoms with van der Waals surface area (Å²) >= 11 is 11.0. The fraction of sp³-hybridized carbons (Fsp3) is 0.462. The highest BCUT2D eigenvalue weighted by atomic mass is 35.5. The molecule has 94 valence electrons. The van der Waals surface area contributed by atoms with Crippen LogP contribution in [0, 0.1) is 0 Å². The minimum Gasteiger partial charge on any atom is -0.389 e. The number of rotatable bonds is 5. The van der Waals surface area contributed by atoms with Crippen molar-refractivity contribution in [2.45, 2.75) is 32.7 Å². The van der Waals surface area contributed by atoms with Gasteiger partial charge in [-0.15, -0.1) is 0 Å². The lowest BCUT2D eigenvalue weighted by Gasteiger charge is -2.28. The highest BCUT2D eigenvalue weighted by Gasteiger charge is 2.14. The number of benzene rings is 1. The Kier molecular flexibility index (Phi) is 5.22. The molecule has 0 aliphatic heterocycles. The summed E-state index contributed by atoms with van der Waals surface area (Å²) in [5, 5.41) is 0.660. The van der Waals surface area contributed by atoms with E-state index in [-0.39, 0.29) is 0 Å². The van der Waals surface area contributed by atoms with E-state index in [2.05, 4.69) is 25.8 Å². The van der Waals surface area contributed by atoms with Gasteiger partial charge in [0.25, 0.3) is 0 Å². The highest BCUT2D eigenvalue weighted by Crippen LogP contribution is 2.25. The van der Waals surface area contributed by atoms with Crippen LogP contribution in [0.4, 0.5) is 5.69 Å². The summed E-state index contributed by atoms with van der Waals surface area (Å²) in [6.07, 6.45) is 2.29. The lowest BCUT2D eigenvalue weighted by Crippen LogP contribution is -2.30. The summed E-state index contributed by atoms with van der Waals surface area (Å²) in [5.41, 5.74) is 7.63. The van der Waals surface area contributed by atoms with E-state index in [1.807, 2.05) is 18.2 Å². The molecule has 1 unspecified atom stereocenters. The van der Waals surface area contributed by atoms with Gasteiger partial charge in [0.1, 0.15) is 4.99 Å². The minimum atomic E-state index is 0.387. The number of hydrogen-bond acceptors (Lipinski definition) is 2. The molecule has 0 heterocycles. The highest BCUT2D eigenvalue weighted by molar-refractivity contribution is 7.80. The molecular formula is C13H19ClN2S. The molecule has 0 amide bonds. The molecule has 2 N–H and O–H groups in total. The van der Waals surface area contributed by atoms with Crippen LogP contribution in [0.3, 0.4) is 0 Å². The molecule has 0 aliphatic rings. The maximum Gasteiger partial charge on any atom is 0.106 e. The topological polar surface area (TPSA) is 29.3 Å². The molecule has 0 spiro atoms. The first-order valence-electron chi connectivity index (χ1n) is 5.79. The Labute approximate surface area is 114 Å². The van der Waals surface area contributed by atoms with E-state index >= 15 is 0 Å². The van der Waals surface area contributed by atoms with Crippen LogP contribution in [0.5, 0.6) is 0 Å². The third kappa shape index (κ3) is 3.58. The standard InChI is InChI=1S/C13H19ClN2S/c1-4-5-9(2)16(3)12-7-6-10(14)8-11(12)13(15)17/h6-9H,4-5H2,1-3H3,(H2,15,17). The van der Waals surface area contributed by atoms with Gasteiger partial charge < -0.3 is 10.6 Å². The summed E-state index contributed by atoms with van der Waals surface area (Å²) in [7, 11) is 2.06. The second-order valence-corrected chi connectivity index (χ2v) is 5.15. The van der Waals surface area contributed by atoms with Crippen molar-refractivity contribution in [2.75, 3.05) is 11.9 Å². The van der Waals surface area contributed by atoms with E-state index in [0.717, 1.165) is 24.1 Å².